The summed E-state index contributed by atoms with van der Waals surface area (Å²) in [5.41, 5.74) is 1.29. The van der Waals surface area contributed by atoms with Crippen LogP contribution in [0.25, 0.3) is 0 Å². The van der Waals surface area contributed by atoms with Gasteiger partial charge in [0.25, 0.3) is 0 Å². The minimum atomic E-state index is -1.04. The lowest BCUT2D eigenvalue weighted by Gasteiger charge is -2.24. The molecule has 0 fully saturated rings. The maximum atomic E-state index is 11.5. The largest absolute Gasteiger partial charge is 0.478 e. The third-order valence-electron chi connectivity index (χ3n) is 2.92. The number of aliphatic imine (C=N–C) groups is 1. The van der Waals surface area contributed by atoms with Gasteiger partial charge in [-0.15, -0.1) is 0 Å². The van der Waals surface area contributed by atoms with Crippen LogP contribution in [0.1, 0.15) is 18.5 Å². The van der Waals surface area contributed by atoms with Gasteiger partial charge in [0.2, 0.25) is 0 Å². The molecule has 0 aliphatic carbocycles. The molecule has 1 aromatic carbocycles. The second-order valence-electron chi connectivity index (χ2n) is 4.27. The molecule has 1 aromatic rings. The molecular weight excluding hydrogens is 310 g/mol. The monoisotopic (exact) mass is 321 g/mol. The Kier molecular flexibility index (Phi) is 4.89. The third kappa shape index (κ3) is 3.38. The van der Waals surface area contributed by atoms with E-state index in [1.165, 1.54) is 11.8 Å². The van der Waals surface area contributed by atoms with Crippen LogP contribution in [0.3, 0.4) is 0 Å². The number of nitrogens with zero attached hydrogens (tertiary/aromatic N) is 2. The van der Waals surface area contributed by atoms with Gasteiger partial charge in [-0.1, -0.05) is 41.6 Å². The molecule has 1 unspecified atom stereocenters. The van der Waals surface area contributed by atoms with Crippen molar-refractivity contribution >= 4 is 34.5 Å². The van der Waals surface area contributed by atoms with Crippen molar-refractivity contribution in [1.82, 2.24) is 5.32 Å². The lowest BCUT2D eigenvalue weighted by molar-refractivity contribution is -0.133. The minimum Gasteiger partial charge on any atom is -0.478 e. The quantitative estimate of drug-likeness (QED) is 0.894. The zero-order valence-electron chi connectivity index (χ0n) is 11.1. The molecule has 7 heteroatoms. The summed E-state index contributed by atoms with van der Waals surface area (Å²) in [5.74, 6) is -0.811. The van der Waals surface area contributed by atoms with Gasteiger partial charge in [-0.25, -0.2) is 9.79 Å². The summed E-state index contributed by atoms with van der Waals surface area (Å²) >= 11 is 7.39. The molecular formula is C14H12ClN3O2S. The molecule has 1 aliphatic heterocycles. The summed E-state index contributed by atoms with van der Waals surface area (Å²) in [5, 5.41) is 22.0. The van der Waals surface area contributed by atoms with E-state index in [1.54, 1.807) is 31.2 Å². The Bertz CT molecular complexity index is 679. The number of amidine groups is 1. The van der Waals surface area contributed by atoms with E-state index in [4.69, 9.17) is 16.9 Å². The Balaban J connectivity index is 2.47. The molecule has 1 aliphatic rings. The molecule has 0 aromatic heterocycles. The van der Waals surface area contributed by atoms with Crippen molar-refractivity contribution in [1.29, 1.82) is 5.26 Å². The summed E-state index contributed by atoms with van der Waals surface area (Å²) < 4.78 is 0. The average molecular weight is 322 g/mol. The standard InChI is InChI=1S/C14H12ClN3O2S/c1-8-11(13(19)20)12(9-4-2-3-5-10(9)15)18-14(17-8)21-7-6-16/h2-5,12H,7H2,1H3,(H,17,18)(H,19,20). The molecule has 1 atom stereocenters. The molecule has 2 N–H and O–H groups in total. The lowest BCUT2D eigenvalue weighted by atomic mass is 9.97. The number of aliphatic carboxylic acids is 1. The molecule has 0 radical (unpaired) electrons. The first-order chi connectivity index (χ1) is 10.0. The van der Waals surface area contributed by atoms with Crippen LogP contribution in [-0.2, 0) is 4.79 Å². The molecule has 0 spiro atoms. The Labute approximate surface area is 131 Å². The second kappa shape index (κ2) is 6.66. The number of carboxylic acids is 1. The van der Waals surface area contributed by atoms with Crippen molar-refractivity contribution < 1.29 is 9.90 Å². The summed E-state index contributed by atoms with van der Waals surface area (Å²) in [7, 11) is 0. The fraction of sp³-hybridized carbons (Fsp3) is 0.214. The smallest absolute Gasteiger partial charge is 0.335 e. The van der Waals surface area contributed by atoms with E-state index in [1.807, 2.05) is 6.07 Å². The van der Waals surface area contributed by atoms with E-state index in [2.05, 4.69) is 10.3 Å². The zero-order chi connectivity index (χ0) is 15.4. The number of hydrogen-bond acceptors (Lipinski definition) is 5. The van der Waals surface area contributed by atoms with E-state index in [0.717, 1.165) is 0 Å². The van der Waals surface area contributed by atoms with Gasteiger partial charge in [0.1, 0.15) is 6.04 Å². The van der Waals surface area contributed by atoms with Crippen LogP contribution in [0.4, 0.5) is 0 Å². The fourth-order valence-corrected chi connectivity index (χ4v) is 2.87. The van der Waals surface area contributed by atoms with Crippen molar-refractivity contribution in [3.8, 4) is 6.07 Å². The first-order valence-electron chi connectivity index (χ1n) is 6.07. The highest BCUT2D eigenvalue weighted by molar-refractivity contribution is 8.14. The second-order valence-corrected chi connectivity index (χ2v) is 5.65. The van der Waals surface area contributed by atoms with Crippen LogP contribution in [0.5, 0.6) is 0 Å². The van der Waals surface area contributed by atoms with E-state index < -0.39 is 12.0 Å². The average Bonchev–Trinajstić information content (AvgIpc) is 2.44. The number of nitrogens with one attached hydrogen (secondary N) is 1. The van der Waals surface area contributed by atoms with E-state index in [0.29, 0.717) is 21.5 Å². The van der Waals surface area contributed by atoms with Gasteiger partial charge in [-0.05, 0) is 13.0 Å². The number of rotatable bonds is 3. The van der Waals surface area contributed by atoms with Crippen LogP contribution in [0.15, 0.2) is 40.5 Å². The molecule has 108 valence electrons. The van der Waals surface area contributed by atoms with Gasteiger partial charge >= 0.3 is 5.97 Å². The van der Waals surface area contributed by atoms with Gasteiger partial charge in [0.15, 0.2) is 5.17 Å². The number of halogens is 1. The highest BCUT2D eigenvalue weighted by Gasteiger charge is 2.30. The predicted molar refractivity (Wildman–Crippen MR) is 83.2 cm³/mol. The van der Waals surface area contributed by atoms with Crippen LogP contribution in [0, 0.1) is 11.3 Å². The minimum absolute atomic E-state index is 0.157. The van der Waals surface area contributed by atoms with Crippen LogP contribution >= 0.6 is 23.4 Å². The lowest BCUT2D eigenvalue weighted by Crippen LogP contribution is -2.30. The van der Waals surface area contributed by atoms with Gasteiger partial charge in [0.05, 0.1) is 17.4 Å². The van der Waals surface area contributed by atoms with Crippen molar-refractivity contribution in [2.45, 2.75) is 13.0 Å². The number of thioether (sulfide) groups is 1. The van der Waals surface area contributed by atoms with Gasteiger partial charge < -0.3 is 10.4 Å². The number of benzene rings is 1. The molecule has 0 saturated heterocycles. The number of hydrogen-bond donors (Lipinski definition) is 2. The molecule has 2 rings (SSSR count). The zero-order valence-corrected chi connectivity index (χ0v) is 12.7. The number of allylic oxidation sites excluding steroid dienone is 1. The topological polar surface area (TPSA) is 85.5 Å². The van der Waals surface area contributed by atoms with Crippen molar-refractivity contribution in [2.75, 3.05) is 5.75 Å². The Morgan fingerprint density at radius 1 is 1.57 bits per heavy atom. The fourth-order valence-electron chi connectivity index (χ4n) is 2.02. The highest BCUT2D eigenvalue weighted by atomic mass is 35.5. The Hall–Kier alpha value is -1.97. The highest BCUT2D eigenvalue weighted by Crippen LogP contribution is 2.35. The molecule has 0 bridgehead atoms. The molecule has 0 amide bonds. The van der Waals surface area contributed by atoms with E-state index in [-0.39, 0.29) is 11.3 Å². The number of nitriles is 1. The molecule has 1 heterocycles. The summed E-state index contributed by atoms with van der Waals surface area (Å²) in [6, 6.07) is 8.35. The molecule has 0 saturated carbocycles. The Morgan fingerprint density at radius 3 is 2.90 bits per heavy atom. The van der Waals surface area contributed by atoms with Crippen LogP contribution < -0.4 is 5.32 Å². The maximum Gasteiger partial charge on any atom is 0.335 e. The van der Waals surface area contributed by atoms with Crippen LogP contribution in [-0.4, -0.2) is 22.0 Å². The summed E-state index contributed by atoms with van der Waals surface area (Å²) in [6.07, 6.45) is 0. The predicted octanol–water partition coefficient (Wildman–Crippen LogP) is 2.96. The first-order valence-corrected chi connectivity index (χ1v) is 7.44. The number of carbonyl (C=O) groups is 1. The SMILES string of the molecule is CC1=C(C(=O)O)C(c2ccccc2Cl)N=C(SCC#N)N1. The summed E-state index contributed by atoms with van der Waals surface area (Å²) in [4.78, 5) is 15.9. The van der Waals surface area contributed by atoms with Crippen molar-refractivity contribution in [3.63, 3.8) is 0 Å². The van der Waals surface area contributed by atoms with Crippen molar-refractivity contribution in [2.24, 2.45) is 4.99 Å². The third-order valence-corrected chi connectivity index (χ3v) is 4.02. The normalized spacial score (nSPS) is 17.8. The Morgan fingerprint density at radius 2 is 2.29 bits per heavy atom. The van der Waals surface area contributed by atoms with E-state index in [9.17, 15) is 9.90 Å². The van der Waals surface area contributed by atoms with Crippen molar-refractivity contribution in [3.05, 3.63) is 46.1 Å². The molecule has 5 nitrogen and oxygen atoms in total. The van der Waals surface area contributed by atoms with E-state index >= 15 is 0 Å². The van der Waals surface area contributed by atoms with Gasteiger partial charge in [0, 0.05) is 16.3 Å². The van der Waals surface area contributed by atoms with Crippen LogP contribution in [0.2, 0.25) is 5.02 Å². The summed E-state index contributed by atoms with van der Waals surface area (Å²) in [6.45, 7) is 1.68. The number of carboxylic acid groups (broad SMARTS) is 1. The van der Waals surface area contributed by atoms with Gasteiger partial charge in [-0.3, -0.25) is 0 Å². The maximum absolute atomic E-state index is 11.5. The first kappa shape index (κ1) is 15.4. The molecule has 21 heavy (non-hydrogen) atoms. The van der Waals surface area contributed by atoms with Gasteiger partial charge in [-0.2, -0.15) is 5.26 Å².